The molecule has 178 valence electrons. The van der Waals surface area contributed by atoms with Crippen LogP contribution in [0.15, 0.2) is 54.6 Å². The van der Waals surface area contributed by atoms with Crippen LogP contribution in [0.25, 0.3) is 0 Å². The molecule has 3 aromatic rings. The standard InChI is InChI=1S/C27H29NO6/c1-30-22-11-10-21(25(32-3)26(22)33-4)27(29)28-13-12-19-14-24(23(31-2)15-20(19)16-28)34-17-18-8-6-5-7-9-18/h5-11,14-15H,12-13,16-17H2,1-4H3. The number of benzene rings is 3. The van der Waals surface area contributed by atoms with Crippen LogP contribution in [0.4, 0.5) is 0 Å². The van der Waals surface area contributed by atoms with Crippen molar-refractivity contribution in [3.05, 3.63) is 76.9 Å². The van der Waals surface area contributed by atoms with E-state index in [0.29, 0.717) is 60.4 Å². The van der Waals surface area contributed by atoms with Crippen molar-refractivity contribution in [1.82, 2.24) is 4.90 Å². The zero-order chi connectivity index (χ0) is 24.1. The highest BCUT2D eigenvalue weighted by molar-refractivity contribution is 5.98. The predicted molar refractivity (Wildman–Crippen MR) is 128 cm³/mol. The zero-order valence-corrected chi connectivity index (χ0v) is 19.9. The van der Waals surface area contributed by atoms with Crippen LogP contribution >= 0.6 is 0 Å². The number of carbonyl (C=O) groups excluding carboxylic acids is 1. The monoisotopic (exact) mass is 463 g/mol. The largest absolute Gasteiger partial charge is 0.493 e. The molecule has 4 rings (SSSR count). The molecule has 34 heavy (non-hydrogen) atoms. The number of hydrogen-bond acceptors (Lipinski definition) is 6. The van der Waals surface area contributed by atoms with E-state index >= 15 is 0 Å². The van der Waals surface area contributed by atoms with Gasteiger partial charge in [0.25, 0.3) is 5.91 Å². The quantitative estimate of drug-likeness (QED) is 0.490. The number of nitrogens with zero attached hydrogens (tertiary/aromatic N) is 1. The number of ether oxygens (including phenoxy) is 5. The molecule has 0 bridgehead atoms. The highest BCUT2D eigenvalue weighted by Gasteiger charge is 2.28. The van der Waals surface area contributed by atoms with E-state index in [1.54, 1.807) is 31.3 Å². The molecule has 0 radical (unpaired) electrons. The summed E-state index contributed by atoms with van der Waals surface area (Å²) in [4.78, 5) is 15.2. The number of fused-ring (bicyclic) bond motifs is 1. The van der Waals surface area contributed by atoms with Crippen molar-refractivity contribution in [2.24, 2.45) is 0 Å². The van der Waals surface area contributed by atoms with Crippen LogP contribution in [0.2, 0.25) is 0 Å². The molecule has 7 heteroatoms. The summed E-state index contributed by atoms with van der Waals surface area (Å²) < 4.78 is 27.9. The van der Waals surface area contributed by atoms with Gasteiger partial charge in [-0.05, 0) is 47.4 Å². The second-order valence-corrected chi connectivity index (χ2v) is 7.90. The van der Waals surface area contributed by atoms with Crippen molar-refractivity contribution in [1.29, 1.82) is 0 Å². The lowest BCUT2D eigenvalue weighted by molar-refractivity contribution is 0.0730. The molecule has 0 saturated heterocycles. The van der Waals surface area contributed by atoms with Crippen LogP contribution in [-0.4, -0.2) is 45.8 Å². The third-order valence-corrected chi connectivity index (χ3v) is 5.96. The van der Waals surface area contributed by atoms with E-state index in [9.17, 15) is 4.79 Å². The molecule has 0 unspecified atom stereocenters. The van der Waals surface area contributed by atoms with Gasteiger partial charge in [0.2, 0.25) is 5.75 Å². The Hall–Kier alpha value is -3.87. The Morgan fingerprint density at radius 2 is 1.50 bits per heavy atom. The van der Waals surface area contributed by atoms with Crippen molar-refractivity contribution < 1.29 is 28.5 Å². The maximum atomic E-state index is 13.4. The molecule has 0 aliphatic carbocycles. The Morgan fingerprint density at radius 1 is 0.794 bits per heavy atom. The van der Waals surface area contributed by atoms with Crippen LogP contribution in [0.5, 0.6) is 28.7 Å². The number of amides is 1. The summed E-state index contributed by atoms with van der Waals surface area (Å²) in [7, 11) is 6.21. The molecule has 0 saturated carbocycles. The van der Waals surface area contributed by atoms with Gasteiger partial charge in [-0.2, -0.15) is 0 Å². The molecule has 1 aliphatic rings. The van der Waals surface area contributed by atoms with Crippen LogP contribution in [0.1, 0.15) is 27.0 Å². The molecule has 1 amide bonds. The minimum absolute atomic E-state index is 0.133. The Labute approximate surface area is 199 Å². The summed E-state index contributed by atoms with van der Waals surface area (Å²) in [6.45, 7) is 1.49. The van der Waals surface area contributed by atoms with Gasteiger partial charge in [0.1, 0.15) is 6.61 Å². The van der Waals surface area contributed by atoms with Crippen LogP contribution in [-0.2, 0) is 19.6 Å². The molecule has 0 aromatic heterocycles. The van der Waals surface area contributed by atoms with Gasteiger partial charge in [0.15, 0.2) is 23.0 Å². The second-order valence-electron chi connectivity index (χ2n) is 7.90. The summed E-state index contributed by atoms with van der Waals surface area (Å²) in [5.74, 6) is 2.48. The lowest BCUT2D eigenvalue weighted by atomic mass is 9.98. The van der Waals surface area contributed by atoms with Gasteiger partial charge in [-0.1, -0.05) is 30.3 Å². The fourth-order valence-corrected chi connectivity index (χ4v) is 4.19. The van der Waals surface area contributed by atoms with E-state index in [1.165, 1.54) is 14.2 Å². The van der Waals surface area contributed by atoms with E-state index in [0.717, 1.165) is 16.7 Å². The van der Waals surface area contributed by atoms with Crippen molar-refractivity contribution in [2.45, 2.75) is 19.6 Å². The molecular formula is C27H29NO6. The fourth-order valence-electron chi connectivity index (χ4n) is 4.19. The average Bonchev–Trinajstić information content (AvgIpc) is 2.90. The Morgan fingerprint density at radius 3 is 2.18 bits per heavy atom. The predicted octanol–water partition coefficient (Wildman–Crippen LogP) is 4.50. The van der Waals surface area contributed by atoms with Gasteiger partial charge < -0.3 is 28.6 Å². The molecule has 1 heterocycles. The van der Waals surface area contributed by atoms with Gasteiger partial charge in [0.05, 0.1) is 34.0 Å². The molecule has 1 aliphatic heterocycles. The number of methoxy groups -OCH3 is 4. The van der Waals surface area contributed by atoms with Crippen molar-refractivity contribution in [3.8, 4) is 28.7 Å². The minimum atomic E-state index is -0.133. The second kappa shape index (κ2) is 10.4. The normalized spacial score (nSPS) is 12.5. The van der Waals surface area contributed by atoms with Gasteiger partial charge in [-0.15, -0.1) is 0 Å². The summed E-state index contributed by atoms with van der Waals surface area (Å²) in [6, 6.07) is 17.4. The third kappa shape index (κ3) is 4.59. The van der Waals surface area contributed by atoms with E-state index < -0.39 is 0 Å². The smallest absolute Gasteiger partial charge is 0.258 e. The van der Waals surface area contributed by atoms with Gasteiger partial charge in [-0.3, -0.25) is 4.79 Å². The van der Waals surface area contributed by atoms with E-state index in [-0.39, 0.29) is 5.91 Å². The van der Waals surface area contributed by atoms with E-state index in [1.807, 2.05) is 42.5 Å². The Bertz CT molecular complexity index is 1160. The molecule has 0 spiro atoms. The molecule has 3 aromatic carbocycles. The summed E-state index contributed by atoms with van der Waals surface area (Å²) in [6.07, 6.45) is 0.711. The fraction of sp³-hybridized carbons (Fsp3) is 0.296. The highest BCUT2D eigenvalue weighted by atomic mass is 16.5. The van der Waals surface area contributed by atoms with Crippen LogP contribution in [0.3, 0.4) is 0 Å². The molecule has 0 fully saturated rings. The summed E-state index contributed by atoms with van der Waals surface area (Å²) in [5.41, 5.74) is 3.69. The van der Waals surface area contributed by atoms with E-state index in [2.05, 4.69) is 0 Å². The first kappa shape index (κ1) is 23.3. The molecule has 0 N–H and O–H groups in total. The van der Waals surface area contributed by atoms with Crippen molar-refractivity contribution in [3.63, 3.8) is 0 Å². The maximum absolute atomic E-state index is 13.4. The minimum Gasteiger partial charge on any atom is -0.493 e. The Kier molecular flexibility index (Phi) is 7.11. The summed E-state index contributed by atoms with van der Waals surface area (Å²) >= 11 is 0. The Balaban J connectivity index is 1.56. The SMILES string of the molecule is COc1cc2c(cc1OCc1ccccc1)CCN(C(=O)c1ccc(OC)c(OC)c1OC)C2. The van der Waals surface area contributed by atoms with Gasteiger partial charge >= 0.3 is 0 Å². The number of hydrogen-bond donors (Lipinski definition) is 0. The number of carbonyl (C=O) groups is 1. The lowest BCUT2D eigenvalue weighted by Crippen LogP contribution is -2.36. The van der Waals surface area contributed by atoms with Gasteiger partial charge in [-0.25, -0.2) is 0 Å². The van der Waals surface area contributed by atoms with Gasteiger partial charge in [0, 0.05) is 13.1 Å². The van der Waals surface area contributed by atoms with Crippen LogP contribution < -0.4 is 23.7 Å². The van der Waals surface area contributed by atoms with Crippen molar-refractivity contribution >= 4 is 5.91 Å². The molecule has 7 nitrogen and oxygen atoms in total. The average molecular weight is 464 g/mol. The summed E-state index contributed by atoms with van der Waals surface area (Å²) in [5, 5.41) is 0. The number of rotatable bonds is 8. The molecule has 0 atom stereocenters. The molecular weight excluding hydrogens is 434 g/mol. The first-order valence-corrected chi connectivity index (χ1v) is 11.0. The maximum Gasteiger partial charge on any atom is 0.258 e. The van der Waals surface area contributed by atoms with Crippen LogP contribution in [0, 0.1) is 0 Å². The topological polar surface area (TPSA) is 66.5 Å². The zero-order valence-electron chi connectivity index (χ0n) is 19.9. The van der Waals surface area contributed by atoms with E-state index in [4.69, 9.17) is 23.7 Å². The first-order valence-electron chi connectivity index (χ1n) is 11.0. The third-order valence-electron chi connectivity index (χ3n) is 5.96. The first-order chi connectivity index (χ1) is 16.6. The van der Waals surface area contributed by atoms with Crippen molar-refractivity contribution in [2.75, 3.05) is 35.0 Å². The highest BCUT2D eigenvalue weighted by Crippen LogP contribution is 2.41. The lowest BCUT2D eigenvalue weighted by Gasteiger charge is -2.30.